The van der Waals surface area contributed by atoms with Gasteiger partial charge in [-0.2, -0.15) is 5.26 Å². The van der Waals surface area contributed by atoms with Gasteiger partial charge in [0.1, 0.15) is 10.7 Å². The molecule has 128 valence electrons. The predicted octanol–water partition coefficient (Wildman–Crippen LogP) is 4.86. The highest BCUT2D eigenvalue weighted by atomic mass is 32.1. The monoisotopic (exact) mass is 351 g/mol. The van der Waals surface area contributed by atoms with E-state index in [-0.39, 0.29) is 11.5 Å². The number of rotatable bonds is 5. The van der Waals surface area contributed by atoms with Crippen LogP contribution in [0.1, 0.15) is 44.0 Å². The summed E-state index contributed by atoms with van der Waals surface area (Å²) >= 11 is 1.52. The Kier molecular flexibility index (Phi) is 5.00. The standard InChI is InChI=1S/C20H21N3OS/c1-13(2)18-22-19-17(20(24)23(18)11-5-4-10-21)16(12-25-19)15-8-6-14(3)7-9-15/h6-9,12-13H,4-5,11H2,1-3H3. The van der Waals surface area contributed by atoms with E-state index in [4.69, 9.17) is 10.2 Å². The average molecular weight is 351 g/mol. The molecule has 5 heteroatoms. The summed E-state index contributed by atoms with van der Waals surface area (Å²) in [6.07, 6.45) is 1.10. The van der Waals surface area contributed by atoms with Crippen molar-refractivity contribution < 1.29 is 0 Å². The lowest BCUT2D eigenvalue weighted by Gasteiger charge is -2.14. The van der Waals surface area contributed by atoms with Crippen molar-refractivity contribution in [2.75, 3.05) is 0 Å². The first-order valence-corrected chi connectivity index (χ1v) is 9.36. The van der Waals surface area contributed by atoms with Crippen molar-refractivity contribution in [3.63, 3.8) is 0 Å². The number of hydrogen-bond acceptors (Lipinski definition) is 4. The van der Waals surface area contributed by atoms with E-state index >= 15 is 0 Å². The lowest BCUT2D eigenvalue weighted by Crippen LogP contribution is -2.26. The third kappa shape index (κ3) is 3.35. The Morgan fingerprint density at radius 3 is 2.64 bits per heavy atom. The summed E-state index contributed by atoms with van der Waals surface area (Å²) in [5.41, 5.74) is 3.18. The topological polar surface area (TPSA) is 58.7 Å². The van der Waals surface area contributed by atoms with Crippen LogP contribution < -0.4 is 5.56 Å². The van der Waals surface area contributed by atoms with E-state index in [9.17, 15) is 4.79 Å². The molecule has 0 aliphatic carbocycles. The predicted molar refractivity (Wildman–Crippen MR) is 103 cm³/mol. The van der Waals surface area contributed by atoms with Crippen molar-refractivity contribution in [1.82, 2.24) is 9.55 Å². The molecule has 0 aliphatic heterocycles. The van der Waals surface area contributed by atoms with Crippen LogP contribution in [0, 0.1) is 18.3 Å². The number of hydrogen-bond donors (Lipinski definition) is 0. The van der Waals surface area contributed by atoms with Gasteiger partial charge in [-0.15, -0.1) is 11.3 Å². The Bertz CT molecular complexity index is 991. The van der Waals surface area contributed by atoms with E-state index in [2.05, 4.69) is 18.2 Å². The Balaban J connectivity index is 2.20. The van der Waals surface area contributed by atoms with Crippen LogP contribution in [0.5, 0.6) is 0 Å². The molecular formula is C20H21N3OS. The molecule has 25 heavy (non-hydrogen) atoms. The highest BCUT2D eigenvalue weighted by molar-refractivity contribution is 7.17. The second-order valence-electron chi connectivity index (χ2n) is 6.54. The number of nitriles is 1. The van der Waals surface area contributed by atoms with Crippen molar-refractivity contribution in [1.29, 1.82) is 5.26 Å². The van der Waals surface area contributed by atoms with Gasteiger partial charge < -0.3 is 0 Å². The van der Waals surface area contributed by atoms with Gasteiger partial charge in [0.15, 0.2) is 0 Å². The third-order valence-electron chi connectivity index (χ3n) is 4.27. The fourth-order valence-corrected chi connectivity index (χ4v) is 3.90. The molecule has 0 aliphatic rings. The Morgan fingerprint density at radius 2 is 2.00 bits per heavy atom. The minimum absolute atomic E-state index is 0.00321. The summed E-state index contributed by atoms with van der Waals surface area (Å²) in [6, 6.07) is 10.4. The SMILES string of the molecule is Cc1ccc(-c2csc3nc(C(C)C)n(CCCC#N)c(=O)c23)cc1. The van der Waals surface area contributed by atoms with Crippen LogP contribution in [0.4, 0.5) is 0 Å². The van der Waals surface area contributed by atoms with Crippen LogP contribution in [-0.4, -0.2) is 9.55 Å². The lowest BCUT2D eigenvalue weighted by molar-refractivity contribution is 0.568. The van der Waals surface area contributed by atoms with Crippen LogP contribution in [0.15, 0.2) is 34.4 Å². The van der Waals surface area contributed by atoms with Gasteiger partial charge >= 0.3 is 0 Å². The number of aryl methyl sites for hydroxylation is 1. The van der Waals surface area contributed by atoms with Crippen molar-refractivity contribution >= 4 is 21.6 Å². The molecule has 0 saturated carbocycles. The van der Waals surface area contributed by atoms with Crippen molar-refractivity contribution in [2.45, 2.75) is 46.1 Å². The molecule has 4 nitrogen and oxygen atoms in total. The first-order chi connectivity index (χ1) is 12.0. The van der Waals surface area contributed by atoms with Gasteiger partial charge in [0.2, 0.25) is 0 Å². The van der Waals surface area contributed by atoms with Crippen LogP contribution in [0.2, 0.25) is 0 Å². The molecule has 0 unspecified atom stereocenters. The fraction of sp³-hybridized carbons (Fsp3) is 0.350. The Labute approximate surface area is 151 Å². The zero-order valence-corrected chi connectivity index (χ0v) is 15.6. The van der Waals surface area contributed by atoms with Gasteiger partial charge in [0.25, 0.3) is 5.56 Å². The van der Waals surface area contributed by atoms with Gasteiger partial charge in [0.05, 0.1) is 11.5 Å². The lowest BCUT2D eigenvalue weighted by atomic mass is 10.0. The van der Waals surface area contributed by atoms with E-state index in [0.717, 1.165) is 21.8 Å². The molecule has 0 atom stereocenters. The number of fused-ring (bicyclic) bond motifs is 1. The molecule has 3 aromatic rings. The number of aromatic nitrogens is 2. The molecule has 0 saturated heterocycles. The summed E-state index contributed by atoms with van der Waals surface area (Å²) in [5.74, 6) is 0.955. The van der Waals surface area contributed by atoms with Crippen LogP contribution in [-0.2, 0) is 6.54 Å². The van der Waals surface area contributed by atoms with Gasteiger partial charge in [-0.25, -0.2) is 4.98 Å². The Morgan fingerprint density at radius 1 is 1.28 bits per heavy atom. The number of unbranched alkanes of at least 4 members (excludes halogenated alkanes) is 1. The molecule has 0 fully saturated rings. The summed E-state index contributed by atoms with van der Waals surface area (Å²) in [5, 5.41) is 11.5. The van der Waals surface area contributed by atoms with Crippen molar-refractivity contribution in [2.24, 2.45) is 0 Å². The summed E-state index contributed by atoms with van der Waals surface area (Å²) in [7, 11) is 0. The number of thiophene rings is 1. The van der Waals surface area contributed by atoms with E-state index in [1.54, 1.807) is 4.57 Å². The summed E-state index contributed by atoms with van der Waals surface area (Å²) in [4.78, 5) is 18.8. The largest absolute Gasteiger partial charge is 0.296 e. The summed E-state index contributed by atoms with van der Waals surface area (Å²) in [6.45, 7) is 6.67. The maximum absolute atomic E-state index is 13.2. The highest BCUT2D eigenvalue weighted by Gasteiger charge is 2.18. The molecule has 2 aromatic heterocycles. The minimum atomic E-state index is 0.00321. The van der Waals surface area contributed by atoms with E-state index in [1.807, 2.05) is 38.3 Å². The second kappa shape index (κ2) is 7.20. The van der Waals surface area contributed by atoms with Gasteiger partial charge in [-0.05, 0) is 18.9 Å². The smallest absolute Gasteiger partial charge is 0.262 e. The van der Waals surface area contributed by atoms with Crippen molar-refractivity contribution in [3.8, 4) is 17.2 Å². The first kappa shape index (κ1) is 17.4. The van der Waals surface area contributed by atoms with Crippen LogP contribution >= 0.6 is 11.3 Å². The highest BCUT2D eigenvalue weighted by Crippen LogP contribution is 2.32. The second-order valence-corrected chi connectivity index (χ2v) is 7.40. The molecular weight excluding hydrogens is 330 g/mol. The quantitative estimate of drug-likeness (QED) is 0.617. The molecule has 0 bridgehead atoms. The number of benzene rings is 1. The molecule has 1 aromatic carbocycles. The molecule has 0 N–H and O–H groups in total. The third-order valence-corrected chi connectivity index (χ3v) is 5.14. The van der Waals surface area contributed by atoms with E-state index < -0.39 is 0 Å². The van der Waals surface area contributed by atoms with Gasteiger partial charge in [0, 0.05) is 29.8 Å². The normalized spacial score (nSPS) is 11.2. The van der Waals surface area contributed by atoms with Crippen LogP contribution in [0.3, 0.4) is 0 Å². The van der Waals surface area contributed by atoms with E-state index in [0.29, 0.717) is 24.8 Å². The molecule has 0 amide bonds. The Hall–Kier alpha value is -2.45. The van der Waals surface area contributed by atoms with Gasteiger partial charge in [-0.1, -0.05) is 43.7 Å². The first-order valence-electron chi connectivity index (χ1n) is 8.49. The van der Waals surface area contributed by atoms with Crippen molar-refractivity contribution in [3.05, 3.63) is 51.4 Å². The molecule has 3 rings (SSSR count). The zero-order valence-electron chi connectivity index (χ0n) is 14.7. The average Bonchev–Trinajstić information content (AvgIpc) is 3.01. The molecule has 2 heterocycles. The van der Waals surface area contributed by atoms with Gasteiger partial charge in [-0.3, -0.25) is 9.36 Å². The number of nitrogens with zero attached hydrogens (tertiary/aromatic N) is 3. The fourth-order valence-electron chi connectivity index (χ4n) is 2.96. The minimum Gasteiger partial charge on any atom is -0.296 e. The van der Waals surface area contributed by atoms with E-state index in [1.165, 1.54) is 16.9 Å². The zero-order chi connectivity index (χ0) is 18.0. The maximum atomic E-state index is 13.2. The molecule has 0 radical (unpaired) electrons. The van der Waals surface area contributed by atoms with Crippen LogP contribution in [0.25, 0.3) is 21.3 Å². The summed E-state index contributed by atoms with van der Waals surface area (Å²) < 4.78 is 1.76. The maximum Gasteiger partial charge on any atom is 0.262 e. The molecule has 0 spiro atoms.